The van der Waals surface area contributed by atoms with E-state index in [0.717, 1.165) is 56.4 Å². The summed E-state index contributed by atoms with van der Waals surface area (Å²) < 4.78 is 0. The van der Waals surface area contributed by atoms with Gasteiger partial charge in [-0.3, -0.25) is 9.69 Å². The third-order valence-corrected chi connectivity index (χ3v) is 5.68. The maximum absolute atomic E-state index is 10.8. The van der Waals surface area contributed by atoms with Crippen molar-refractivity contribution in [3.05, 3.63) is 29.8 Å². The van der Waals surface area contributed by atoms with Gasteiger partial charge in [-0.1, -0.05) is 12.1 Å². The van der Waals surface area contributed by atoms with Gasteiger partial charge in [-0.05, 0) is 68.3 Å². The Morgan fingerprint density at radius 2 is 1.64 bits per heavy atom. The number of carbonyl (C=O) groups is 1. The fourth-order valence-corrected chi connectivity index (χ4v) is 4.26. The maximum Gasteiger partial charge on any atom is 0.317 e. The largest absolute Gasteiger partial charge is 0.480 e. The van der Waals surface area contributed by atoms with Gasteiger partial charge in [0.2, 0.25) is 0 Å². The van der Waals surface area contributed by atoms with E-state index in [2.05, 4.69) is 39.2 Å². The molecule has 2 aliphatic rings. The Bertz CT molecular complexity index is 586. The van der Waals surface area contributed by atoms with Crippen LogP contribution in [0.1, 0.15) is 31.2 Å². The third kappa shape index (κ3) is 4.72. The maximum atomic E-state index is 10.8. The normalized spacial score (nSPS) is 21.0. The summed E-state index contributed by atoms with van der Waals surface area (Å²) in [7, 11) is 0. The van der Waals surface area contributed by atoms with Crippen molar-refractivity contribution in [3.8, 4) is 0 Å². The van der Waals surface area contributed by atoms with E-state index >= 15 is 0 Å². The number of benzene rings is 1. The van der Waals surface area contributed by atoms with Crippen LogP contribution in [0.3, 0.4) is 0 Å². The average Bonchev–Trinajstić information content (AvgIpc) is 2.63. The van der Waals surface area contributed by atoms with Gasteiger partial charge in [-0.25, -0.2) is 0 Å². The third-order valence-electron chi connectivity index (χ3n) is 5.68. The zero-order chi connectivity index (χ0) is 17.6. The second-order valence-corrected chi connectivity index (χ2v) is 7.20. The van der Waals surface area contributed by atoms with Crippen LogP contribution >= 0.6 is 0 Å². The van der Waals surface area contributed by atoms with Crippen molar-refractivity contribution in [2.24, 2.45) is 22.8 Å². The van der Waals surface area contributed by atoms with Crippen LogP contribution < -0.4 is 10.7 Å². The summed E-state index contributed by atoms with van der Waals surface area (Å²) >= 11 is 0. The van der Waals surface area contributed by atoms with Gasteiger partial charge in [0, 0.05) is 18.8 Å². The number of nitrogens with zero attached hydrogens (tertiary/aromatic N) is 3. The van der Waals surface area contributed by atoms with Crippen molar-refractivity contribution < 1.29 is 9.90 Å². The fourth-order valence-electron chi connectivity index (χ4n) is 4.26. The van der Waals surface area contributed by atoms with Gasteiger partial charge in [0.1, 0.15) is 0 Å². The molecule has 0 atom stereocenters. The minimum atomic E-state index is -0.712. The summed E-state index contributed by atoms with van der Waals surface area (Å²) in [5, 5.41) is 12.5. The van der Waals surface area contributed by atoms with Crippen molar-refractivity contribution in [2.45, 2.75) is 25.7 Å². The molecule has 3 rings (SSSR count). The minimum Gasteiger partial charge on any atom is -0.480 e. The molecule has 25 heavy (non-hydrogen) atoms. The topological polar surface area (TPSA) is 82.2 Å². The molecule has 0 aromatic heterocycles. The molecule has 0 amide bonds. The quantitative estimate of drug-likeness (QED) is 0.485. The van der Waals surface area contributed by atoms with Gasteiger partial charge in [0.15, 0.2) is 0 Å². The van der Waals surface area contributed by atoms with Gasteiger partial charge >= 0.3 is 5.97 Å². The molecule has 0 bridgehead atoms. The Labute approximate surface area is 149 Å². The van der Waals surface area contributed by atoms with Crippen LogP contribution in [0.15, 0.2) is 29.4 Å². The lowest BCUT2D eigenvalue weighted by molar-refractivity contribution is -0.138. The van der Waals surface area contributed by atoms with Crippen molar-refractivity contribution in [1.29, 1.82) is 0 Å². The van der Waals surface area contributed by atoms with Crippen LogP contribution in [0.4, 0.5) is 5.69 Å². The predicted octanol–water partition coefficient (Wildman–Crippen LogP) is 1.99. The molecule has 0 radical (unpaired) electrons. The molecule has 2 aliphatic heterocycles. The molecule has 6 heteroatoms. The highest BCUT2D eigenvalue weighted by atomic mass is 16.4. The first kappa shape index (κ1) is 17.7. The first-order chi connectivity index (χ1) is 12.2. The van der Waals surface area contributed by atoms with Crippen molar-refractivity contribution in [3.63, 3.8) is 0 Å². The van der Waals surface area contributed by atoms with E-state index in [4.69, 9.17) is 10.9 Å². The van der Waals surface area contributed by atoms with Gasteiger partial charge in [-0.15, -0.1) is 0 Å². The number of hydrogen-bond donors (Lipinski definition) is 2. The van der Waals surface area contributed by atoms with E-state index in [9.17, 15) is 4.79 Å². The second-order valence-electron chi connectivity index (χ2n) is 7.20. The molecule has 2 heterocycles. The van der Waals surface area contributed by atoms with Gasteiger partial charge < -0.3 is 15.8 Å². The van der Waals surface area contributed by atoms with Crippen LogP contribution in [-0.2, 0) is 4.79 Å². The van der Waals surface area contributed by atoms with Crippen molar-refractivity contribution in [1.82, 2.24) is 4.90 Å². The van der Waals surface area contributed by atoms with E-state index in [1.54, 1.807) is 6.21 Å². The molecule has 136 valence electrons. The summed E-state index contributed by atoms with van der Waals surface area (Å²) in [6, 6.07) is 8.38. The Morgan fingerprint density at radius 1 is 1.08 bits per heavy atom. The number of nitrogens with two attached hydrogens (primary N) is 1. The van der Waals surface area contributed by atoms with Crippen LogP contribution in [-0.4, -0.2) is 54.9 Å². The average molecular weight is 344 g/mol. The summed E-state index contributed by atoms with van der Waals surface area (Å²) in [6.45, 7) is 4.26. The Hall–Kier alpha value is -2.08. The first-order valence-corrected chi connectivity index (χ1v) is 9.18. The van der Waals surface area contributed by atoms with E-state index in [1.165, 1.54) is 18.5 Å². The number of anilines is 1. The standard InChI is InChI=1S/C19H28N4O2/c20-21-13-15-1-3-18(4-2-15)23-11-7-17(8-12-23)16-5-9-22(10-6-16)14-19(24)25/h1-4,13,16-17H,5-12,14,20H2,(H,24,25). The number of rotatable bonds is 5. The lowest BCUT2D eigenvalue weighted by Gasteiger charge is -2.40. The molecule has 0 unspecified atom stereocenters. The molecule has 0 aliphatic carbocycles. The van der Waals surface area contributed by atoms with Crippen LogP contribution in [0, 0.1) is 11.8 Å². The van der Waals surface area contributed by atoms with Crippen LogP contribution in [0.2, 0.25) is 0 Å². The summed E-state index contributed by atoms with van der Waals surface area (Å²) in [6.07, 6.45) is 6.41. The summed E-state index contributed by atoms with van der Waals surface area (Å²) in [4.78, 5) is 15.3. The Kier molecular flexibility index (Phi) is 5.91. The Morgan fingerprint density at radius 3 is 2.16 bits per heavy atom. The van der Waals surface area contributed by atoms with Gasteiger partial charge in [0.05, 0.1) is 12.8 Å². The molecule has 2 saturated heterocycles. The second kappa shape index (κ2) is 8.34. The number of carboxylic acid groups (broad SMARTS) is 1. The number of hydrazone groups is 1. The highest BCUT2D eigenvalue weighted by Crippen LogP contribution is 2.33. The smallest absolute Gasteiger partial charge is 0.317 e. The fraction of sp³-hybridized carbons (Fsp3) is 0.579. The number of carboxylic acids is 1. The zero-order valence-corrected chi connectivity index (χ0v) is 14.7. The molecule has 2 fully saturated rings. The summed E-state index contributed by atoms with van der Waals surface area (Å²) in [5.41, 5.74) is 2.29. The first-order valence-electron chi connectivity index (χ1n) is 9.18. The highest BCUT2D eigenvalue weighted by Gasteiger charge is 2.30. The van der Waals surface area contributed by atoms with Crippen molar-refractivity contribution in [2.75, 3.05) is 37.6 Å². The number of piperidine rings is 2. The highest BCUT2D eigenvalue weighted by molar-refractivity contribution is 5.80. The van der Waals surface area contributed by atoms with Gasteiger partial charge in [0.25, 0.3) is 0 Å². The zero-order valence-electron chi connectivity index (χ0n) is 14.7. The molecule has 0 saturated carbocycles. The molecule has 3 N–H and O–H groups in total. The molecular formula is C19H28N4O2. The monoisotopic (exact) mass is 344 g/mol. The minimum absolute atomic E-state index is 0.191. The van der Waals surface area contributed by atoms with E-state index in [1.807, 2.05) is 0 Å². The molecular weight excluding hydrogens is 316 g/mol. The Balaban J connectivity index is 1.46. The van der Waals surface area contributed by atoms with E-state index < -0.39 is 5.97 Å². The predicted molar refractivity (Wildman–Crippen MR) is 100.0 cm³/mol. The van der Waals surface area contributed by atoms with Crippen molar-refractivity contribution >= 4 is 17.9 Å². The lowest BCUT2D eigenvalue weighted by atomic mass is 9.78. The molecule has 6 nitrogen and oxygen atoms in total. The molecule has 1 aromatic rings. The van der Waals surface area contributed by atoms with E-state index in [0.29, 0.717) is 0 Å². The summed E-state index contributed by atoms with van der Waals surface area (Å²) in [5.74, 6) is 6.02. The molecule has 0 spiro atoms. The van der Waals surface area contributed by atoms with Crippen LogP contribution in [0.25, 0.3) is 0 Å². The molecule has 1 aromatic carbocycles. The number of aliphatic carboxylic acids is 1. The van der Waals surface area contributed by atoms with Crippen LogP contribution in [0.5, 0.6) is 0 Å². The lowest BCUT2D eigenvalue weighted by Crippen LogP contribution is -2.42. The van der Waals surface area contributed by atoms with Gasteiger partial charge in [-0.2, -0.15) is 5.10 Å². The van der Waals surface area contributed by atoms with E-state index in [-0.39, 0.29) is 6.54 Å². The number of likely N-dealkylation sites (tertiary alicyclic amines) is 1. The SMILES string of the molecule is NN=Cc1ccc(N2CCC(C3CCN(CC(=O)O)CC3)CC2)cc1. The number of hydrogen-bond acceptors (Lipinski definition) is 5.